The molecule has 6 nitrogen and oxygen atoms in total. The second-order valence-corrected chi connectivity index (χ2v) is 10.2. The van der Waals surface area contributed by atoms with Gasteiger partial charge in [-0.25, -0.2) is 0 Å². The van der Waals surface area contributed by atoms with E-state index in [1.165, 1.54) is 29.0 Å². The Morgan fingerprint density at radius 2 is 1.60 bits per heavy atom. The maximum atomic E-state index is 13.1. The van der Waals surface area contributed by atoms with Gasteiger partial charge in [0.25, 0.3) is 11.8 Å². The summed E-state index contributed by atoms with van der Waals surface area (Å²) >= 11 is 0. The molecule has 4 aliphatic rings. The Kier molecular flexibility index (Phi) is 5.49. The second-order valence-electron chi connectivity index (χ2n) is 10.2. The van der Waals surface area contributed by atoms with E-state index in [0.717, 1.165) is 17.5 Å². The lowest BCUT2D eigenvalue weighted by Crippen LogP contribution is -2.53. The van der Waals surface area contributed by atoms with E-state index in [0.29, 0.717) is 50.6 Å². The largest absolute Gasteiger partial charge is 0.385 e. The van der Waals surface area contributed by atoms with Gasteiger partial charge in [0.2, 0.25) is 0 Å². The molecule has 0 unspecified atom stereocenters. The Balaban J connectivity index is 1.17. The van der Waals surface area contributed by atoms with Crippen molar-refractivity contribution in [1.82, 2.24) is 15.1 Å². The van der Waals surface area contributed by atoms with E-state index in [1.54, 1.807) is 9.80 Å². The zero-order chi connectivity index (χ0) is 24.0. The van der Waals surface area contributed by atoms with Crippen molar-refractivity contribution in [2.24, 2.45) is 0 Å². The van der Waals surface area contributed by atoms with E-state index >= 15 is 0 Å². The summed E-state index contributed by atoms with van der Waals surface area (Å²) < 4.78 is 0. The molecular formula is C29H31N3O3. The molecule has 1 saturated heterocycles. The third-order valence-corrected chi connectivity index (χ3v) is 7.51. The Labute approximate surface area is 205 Å². The summed E-state index contributed by atoms with van der Waals surface area (Å²) in [6.07, 6.45) is 11.0. The van der Waals surface area contributed by atoms with Crippen molar-refractivity contribution >= 4 is 23.6 Å². The van der Waals surface area contributed by atoms with Crippen LogP contribution < -0.4 is 15.8 Å². The van der Waals surface area contributed by atoms with Crippen LogP contribution in [0, 0.1) is 0 Å². The van der Waals surface area contributed by atoms with Crippen molar-refractivity contribution < 1.29 is 14.7 Å². The number of nitrogens with zero attached hydrogens (tertiary/aromatic N) is 2. The summed E-state index contributed by atoms with van der Waals surface area (Å²) in [5, 5.41) is 16.3. The number of hydrogen-bond acceptors (Lipinski definition) is 4. The quantitative estimate of drug-likeness (QED) is 0.700. The third-order valence-electron chi connectivity index (χ3n) is 7.51. The first kappa shape index (κ1) is 22.1. The minimum Gasteiger partial charge on any atom is -0.385 e. The van der Waals surface area contributed by atoms with Gasteiger partial charge in [0.15, 0.2) is 0 Å². The molecule has 2 aromatic carbocycles. The molecular weight excluding hydrogens is 438 g/mol. The molecule has 1 aliphatic heterocycles. The van der Waals surface area contributed by atoms with Crippen LogP contribution >= 0.6 is 0 Å². The lowest BCUT2D eigenvalue weighted by molar-refractivity contribution is -0.143. The van der Waals surface area contributed by atoms with Gasteiger partial charge in [0.05, 0.1) is 0 Å². The van der Waals surface area contributed by atoms with Crippen molar-refractivity contribution in [2.75, 3.05) is 26.2 Å². The topological polar surface area (TPSA) is 72.9 Å². The molecule has 2 aromatic rings. The fraction of sp³-hybridized carbons (Fsp3) is 0.379. The fourth-order valence-electron chi connectivity index (χ4n) is 4.95. The maximum Gasteiger partial charge on any atom is 0.254 e. The van der Waals surface area contributed by atoms with Crippen LogP contribution in [0.4, 0.5) is 0 Å². The van der Waals surface area contributed by atoms with Crippen LogP contribution in [-0.4, -0.2) is 64.5 Å². The number of piperazine rings is 1. The lowest BCUT2D eigenvalue weighted by Gasteiger charge is -2.35. The van der Waals surface area contributed by atoms with Gasteiger partial charge >= 0.3 is 0 Å². The average molecular weight is 470 g/mol. The van der Waals surface area contributed by atoms with Gasteiger partial charge < -0.3 is 20.2 Å². The average Bonchev–Trinajstić information content (AvgIpc) is 3.83. The Bertz CT molecular complexity index is 1310. The molecule has 0 atom stereocenters. The minimum absolute atomic E-state index is 0.0133. The number of allylic oxidation sites excluding steroid dienone is 1. The van der Waals surface area contributed by atoms with Crippen molar-refractivity contribution in [2.45, 2.75) is 43.7 Å². The van der Waals surface area contributed by atoms with Crippen molar-refractivity contribution in [3.05, 3.63) is 70.6 Å². The van der Waals surface area contributed by atoms with Crippen LogP contribution in [0.15, 0.2) is 54.6 Å². The predicted molar refractivity (Wildman–Crippen MR) is 136 cm³/mol. The molecule has 6 rings (SSSR count). The van der Waals surface area contributed by atoms with Gasteiger partial charge in [0, 0.05) is 55.1 Å². The van der Waals surface area contributed by atoms with Gasteiger partial charge in [-0.1, -0.05) is 42.5 Å². The first-order valence-corrected chi connectivity index (χ1v) is 12.7. The van der Waals surface area contributed by atoms with Gasteiger partial charge in [-0.05, 0) is 60.2 Å². The van der Waals surface area contributed by atoms with E-state index < -0.39 is 5.60 Å². The molecule has 2 saturated carbocycles. The smallest absolute Gasteiger partial charge is 0.254 e. The van der Waals surface area contributed by atoms with E-state index in [1.807, 2.05) is 24.3 Å². The van der Waals surface area contributed by atoms with Gasteiger partial charge in [0.1, 0.15) is 5.60 Å². The maximum absolute atomic E-state index is 13.1. The van der Waals surface area contributed by atoms with E-state index in [4.69, 9.17) is 0 Å². The summed E-state index contributed by atoms with van der Waals surface area (Å²) in [7, 11) is 0. The van der Waals surface area contributed by atoms with Crippen LogP contribution in [0.2, 0.25) is 0 Å². The van der Waals surface area contributed by atoms with Gasteiger partial charge in [-0.15, -0.1) is 0 Å². The Morgan fingerprint density at radius 1 is 0.914 bits per heavy atom. The van der Waals surface area contributed by atoms with Crippen LogP contribution in [0.3, 0.4) is 0 Å². The van der Waals surface area contributed by atoms with Gasteiger partial charge in [-0.2, -0.15) is 0 Å². The number of carbonyl (C=O) groups is 2. The number of hydrogen-bond donors (Lipinski definition) is 2. The predicted octanol–water partition coefficient (Wildman–Crippen LogP) is 1.76. The molecule has 2 N–H and O–H groups in total. The zero-order valence-corrected chi connectivity index (χ0v) is 19.9. The summed E-state index contributed by atoms with van der Waals surface area (Å²) in [4.78, 5) is 28.9. The highest BCUT2D eigenvalue weighted by atomic mass is 16.3. The molecule has 6 heteroatoms. The molecule has 3 aliphatic carbocycles. The highest BCUT2D eigenvalue weighted by Gasteiger charge is 2.50. The van der Waals surface area contributed by atoms with E-state index in [9.17, 15) is 14.7 Å². The number of aliphatic hydroxyl groups is 1. The highest BCUT2D eigenvalue weighted by molar-refractivity contribution is 5.95. The first-order valence-electron chi connectivity index (χ1n) is 12.7. The van der Waals surface area contributed by atoms with E-state index in [2.05, 4.69) is 41.7 Å². The summed E-state index contributed by atoms with van der Waals surface area (Å²) in [5.41, 5.74) is 3.02. The SMILES string of the molecule is O=C(c1ccc(-c2ccc3c(c2)=C(NC2CC2)CC=CC=3)cc1)N1CCN(C(=O)C2(O)CC2)CC1. The molecule has 0 spiro atoms. The molecule has 0 bridgehead atoms. The van der Waals surface area contributed by atoms with Crippen LogP contribution in [0.1, 0.15) is 42.5 Å². The standard InChI is InChI=1S/C29H31N3O3/c33-27(31-15-17-32(18-16-31)28(34)29(35)13-14-29)22-8-5-20(6-9-22)23-10-7-21-3-1-2-4-26(25(21)19-23)30-24-11-12-24/h1-3,5-10,19,24,30,35H,4,11-18H2. The third kappa shape index (κ3) is 4.50. The van der Waals surface area contributed by atoms with Crippen LogP contribution in [-0.2, 0) is 4.79 Å². The molecule has 1 heterocycles. The first-order chi connectivity index (χ1) is 17.0. The monoisotopic (exact) mass is 469 g/mol. The second kappa shape index (κ2) is 8.68. The molecule has 35 heavy (non-hydrogen) atoms. The lowest BCUT2D eigenvalue weighted by atomic mass is 10.0. The van der Waals surface area contributed by atoms with Crippen LogP contribution in [0.25, 0.3) is 22.9 Å². The number of benzene rings is 2. The number of fused-ring (bicyclic) bond motifs is 1. The number of carbonyl (C=O) groups excluding carboxylic acids is 2. The summed E-state index contributed by atoms with van der Waals surface area (Å²) in [6, 6.07) is 15.0. The molecule has 0 aromatic heterocycles. The van der Waals surface area contributed by atoms with Gasteiger partial charge in [-0.3, -0.25) is 9.59 Å². The molecule has 2 amide bonds. The molecule has 3 fully saturated rings. The summed E-state index contributed by atoms with van der Waals surface area (Å²) in [5.74, 6) is -0.198. The Morgan fingerprint density at radius 3 is 2.29 bits per heavy atom. The highest BCUT2D eigenvalue weighted by Crippen LogP contribution is 2.37. The number of amides is 2. The molecule has 0 radical (unpaired) electrons. The minimum atomic E-state index is -1.14. The van der Waals surface area contributed by atoms with E-state index in [-0.39, 0.29) is 11.8 Å². The number of rotatable bonds is 5. The van der Waals surface area contributed by atoms with Crippen molar-refractivity contribution in [3.8, 4) is 11.1 Å². The van der Waals surface area contributed by atoms with Crippen molar-refractivity contribution in [1.29, 1.82) is 0 Å². The fourth-order valence-corrected chi connectivity index (χ4v) is 4.95. The zero-order valence-electron chi connectivity index (χ0n) is 19.9. The normalized spacial score (nSPS) is 20.5. The van der Waals surface area contributed by atoms with Crippen LogP contribution in [0.5, 0.6) is 0 Å². The Hall–Kier alpha value is -3.38. The van der Waals surface area contributed by atoms with Crippen molar-refractivity contribution in [3.63, 3.8) is 0 Å². The molecule has 180 valence electrons. The summed E-state index contributed by atoms with van der Waals surface area (Å²) in [6.45, 7) is 1.92. The number of nitrogens with one attached hydrogen (secondary N) is 1.